The van der Waals surface area contributed by atoms with E-state index in [1.165, 1.54) is 0 Å². The smallest absolute Gasteiger partial charge is 0.495 e. The second-order valence-electron chi connectivity index (χ2n) is 6.15. The molecule has 30 heavy (non-hydrogen) atoms. The van der Waals surface area contributed by atoms with Gasteiger partial charge in [-0.25, -0.2) is 9.59 Å². The third-order valence-corrected chi connectivity index (χ3v) is 3.91. The zero-order valence-electron chi connectivity index (χ0n) is 16.3. The van der Waals surface area contributed by atoms with Crippen LogP contribution in [0, 0.1) is 23.7 Å². The zero-order chi connectivity index (χ0) is 21.2. The van der Waals surface area contributed by atoms with E-state index in [0.717, 1.165) is 5.56 Å². The van der Waals surface area contributed by atoms with Crippen molar-refractivity contribution in [2.45, 2.75) is 12.2 Å². The number of carbonyl (C=O) groups excluding carboxylic acids is 2. The number of ether oxygens (including phenoxy) is 7. The maximum Gasteiger partial charge on any atom is 0.508 e. The molecule has 9 nitrogen and oxygen atoms in total. The lowest BCUT2D eigenvalue weighted by atomic mass is 10.1. The van der Waals surface area contributed by atoms with Gasteiger partial charge in [-0.2, -0.15) is 0 Å². The lowest BCUT2D eigenvalue weighted by molar-refractivity contribution is 0.0593. The lowest BCUT2D eigenvalue weighted by Crippen LogP contribution is -2.17. The van der Waals surface area contributed by atoms with E-state index in [1.807, 2.05) is 6.07 Å². The van der Waals surface area contributed by atoms with Crippen LogP contribution < -0.4 is 4.74 Å². The molecule has 0 aliphatic carbocycles. The van der Waals surface area contributed by atoms with E-state index in [-0.39, 0.29) is 45.7 Å². The largest absolute Gasteiger partial charge is 0.508 e. The average Bonchev–Trinajstić information content (AvgIpc) is 3.35. The summed E-state index contributed by atoms with van der Waals surface area (Å²) >= 11 is 0. The van der Waals surface area contributed by atoms with Crippen LogP contribution in [0.2, 0.25) is 0 Å². The molecule has 0 radical (unpaired) electrons. The Balaban J connectivity index is 1.43. The molecule has 2 fully saturated rings. The van der Waals surface area contributed by atoms with Crippen molar-refractivity contribution in [3.05, 3.63) is 29.3 Å². The van der Waals surface area contributed by atoms with Gasteiger partial charge in [0.2, 0.25) is 0 Å². The number of carbonyl (C=O) groups is 2. The van der Waals surface area contributed by atoms with Gasteiger partial charge in [0.05, 0.1) is 25.9 Å². The van der Waals surface area contributed by atoms with Crippen molar-refractivity contribution in [2.75, 3.05) is 46.8 Å². The molecule has 2 heterocycles. The molecule has 9 heteroatoms. The van der Waals surface area contributed by atoms with Crippen molar-refractivity contribution in [2.24, 2.45) is 0 Å². The maximum absolute atomic E-state index is 10.8. The van der Waals surface area contributed by atoms with Gasteiger partial charge >= 0.3 is 12.3 Å². The molecule has 3 rings (SSSR count). The molecule has 0 bridgehead atoms. The normalized spacial score (nSPS) is 19.4. The van der Waals surface area contributed by atoms with Gasteiger partial charge in [0.1, 0.15) is 32.2 Å². The monoisotopic (exact) mass is 416 g/mol. The minimum Gasteiger partial charge on any atom is -0.495 e. The van der Waals surface area contributed by atoms with Crippen LogP contribution in [0.4, 0.5) is 9.59 Å². The predicted octanol–water partition coefficient (Wildman–Crippen LogP) is 1.50. The van der Waals surface area contributed by atoms with E-state index in [4.69, 9.17) is 23.7 Å². The number of methoxy groups -OCH3 is 1. The standard InChI is InChI=1S/C21H20O9/c1-24-19-10-15(4-2-8-25-11-17-13-27-20(22)29-17)6-7-16(19)5-3-9-26-12-18-14-28-21(23)30-18/h6-7,10,17-18H,8-9,11-14H2,1H3. The van der Waals surface area contributed by atoms with Crippen molar-refractivity contribution in [3.8, 4) is 29.4 Å². The molecule has 1 aromatic carbocycles. The van der Waals surface area contributed by atoms with Crippen LogP contribution in [-0.4, -0.2) is 71.3 Å². The quantitative estimate of drug-likeness (QED) is 0.372. The van der Waals surface area contributed by atoms with Crippen LogP contribution in [0.15, 0.2) is 18.2 Å². The van der Waals surface area contributed by atoms with Gasteiger partial charge in [0, 0.05) is 5.56 Å². The minimum absolute atomic E-state index is 0.178. The van der Waals surface area contributed by atoms with Crippen molar-refractivity contribution in [3.63, 3.8) is 0 Å². The van der Waals surface area contributed by atoms with Gasteiger partial charge in [-0.05, 0) is 18.2 Å². The second-order valence-corrected chi connectivity index (χ2v) is 6.15. The molecule has 0 aromatic heterocycles. The Morgan fingerprint density at radius 3 is 2.07 bits per heavy atom. The highest BCUT2D eigenvalue weighted by Crippen LogP contribution is 2.18. The molecule has 2 aliphatic heterocycles. The van der Waals surface area contributed by atoms with Gasteiger partial charge < -0.3 is 33.2 Å². The van der Waals surface area contributed by atoms with Gasteiger partial charge in [-0.3, -0.25) is 0 Å². The number of cyclic esters (lactones) is 4. The fourth-order valence-corrected chi connectivity index (χ4v) is 2.52. The molecule has 2 aliphatic rings. The SMILES string of the molecule is COc1cc(C#CCOCC2COC(=O)O2)ccc1C#CCOCC1COC(=O)O1. The number of rotatable bonds is 7. The summed E-state index contributed by atoms with van der Waals surface area (Å²) in [7, 11) is 1.55. The Labute approximate surface area is 173 Å². The third kappa shape index (κ3) is 6.59. The van der Waals surface area contributed by atoms with E-state index in [0.29, 0.717) is 11.3 Å². The van der Waals surface area contributed by atoms with Crippen molar-refractivity contribution in [1.29, 1.82) is 0 Å². The van der Waals surface area contributed by atoms with Crippen LogP contribution in [0.3, 0.4) is 0 Å². The molecular weight excluding hydrogens is 396 g/mol. The Morgan fingerprint density at radius 1 is 0.933 bits per heavy atom. The summed E-state index contributed by atoms with van der Waals surface area (Å²) in [5, 5.41) is 0. The van der Waals surface area contributed by atoms with Crippen molar-refractivity contribution >= 4 is 12.3 Å². The second kappa shape index (κ2) is 11.0. The summed E-state index contributed by atoms with van der Waals surface area (Å²) in [5.41, 5.74) is 1.44. The fourth-order valence-electron chi connectivity index (χ4n) is 2.52. The Hall–Kier alpha value is -3.40. The number of benzene rings is 1. The molecule has 2 saturated heterocycles. The Bertz CT molecular complexity index is 887. The van der Waals surface area contributed by atoms with Gasteiger partial charge in [0.25, 0.3) is 0 Å². The molecular formula is C21H20O9. The first-order valence-corrected chi connectivity index (χ1v) is 9.12. The van der Waals surface area contributed by atoms with Gasteiger partial charge in [-0.1, -0.05) is 23.7 Å². The summed E-state index contributed by atoms with van der Waals surface area (Å²) < 4.78 is 35.1. The van der Waals surface area contributed by atoms with Gasteiger partial charge in [0.15, 0.2) is 12.2 Å². The Kier molecular flexibility index (Phi) is 7.78. The van der Waals surface area contributed by atoms with Crippen LogP contribution in [0.25, 0.3) is 0 Å². The maximum atomic E-state index is 10.8. The summed E-state index contributed by atoms with van der Waals surface area (Å²) in [4.78, 5) is 21.6. The highest BCUT2D eigenvalue weighted by molar-refractivity contribution is 5.62. The molecule has 2 unspecified atom stereocenters. The molecule has 1 aromatic rings. The van der Waals surface area contributed by atoms with E-state index in [2.05, 4.69) is 33.2 Å². The summed E-state index contributed by atoms with van der Waals surface area (Å²) in [6.45, 7) is 1.21. The summed E-state index contributed by atoms with van der Waals surface area (Å²) in [6.07, 6.45) is -2.13. The minimum atomic E-state index is -0.678. The zero-order valence-corrected chi connectivity index (χ0v) is 16.3. The third-order valence-electron chi connectivity index (χ3n) is 3.91. The van der Waals surface area contributed by atoms with E-state index < -0.39 is 18.4 Å². The van der Waals surface area contributed by atoms with Gasteiger partial charge in [-0.15, -0.1) is 0 Å². The first-order valence-electron chi connectivity index (χ1n) is 9.12. The number of hydrogen-bond donors (Lipinski definition) is 0. The topological polar surface area (TPSA) is 98.8 Å². The highest BCUT2D eigenvalue weighted by Gasteiger charge is 2.25. The van der Waals surface area contributed by atoms with Crippen molar-refractivity contribution < 1.29 is 42.7 Å². The molecule has 158 valence electrons. The van der Waals surface area contributed by atoms with Crippen LogP contribution in [0.5, 0.6) is 5.75 Å². The molecule has 0 amide bonds. The molecule has 2 atom stereocenters. The van der Waals surface area contributed by atoms with Crippen LogP contribution in [0.1, 0.15) is 11.1 Å². The van der Waals surface area contributed by atoms with E-state index in [9.17, 15) is 9.59 Å². The first kappa shape index (κ1) is 21.3. The predicted molar refractivity (Wildman–Crippen MR) is 101 cm³/mol. The van der Waals surface area contributed by atoms with Crippen LogP contribution in [-0.2, 0) is 28.4 Å². The first-order chi connectivity index (χ1) is 14.6. The fraction of sp³-hybridized carbons (Fsp3) is 0.429. The summed E-state index contributed by atoms with van der Waals surface area (Å²) in [5.74, 6) is 12.3. The van der Waals surface area contributed by atoms with E-state index >= 15 is 0 Å². The van der Waals surface area contributed by atoms with Crippen molar-refractivity contribution in [1.82, 2.24) is 0 Å². The average molecular weight is 416 g/mol. The summed E-state index contributed by atoms with van der Waals surface area (Å²) in [6, 6.07) is 5.40. The lowest BCUT2D eigenvalue weighted by Gasteiger charge is -2.05. The Morgan fingerprint density at radius 2 is 1.53 bits per heavy atom. The number of hydrogen-bond acceptors (Lipinski definition) is 9. The van der Waals surface area contributed by atoms with Crippen LogP contribution >= 0.6 is 0 Å². The highest BCUT2D eigenvalue weighted by atomic mass is 16.8. The molecule has 0 N–H and O–H groups in total. The molecule has 0 saturated carbocycles. The van der Waals surface area contributed by atoms with E-state index in [1.54, 1.807) is 19.2 Å². The molecule has 0 spiro atoms.